The van der Waals surface area contributed by atoms with Gasteiger partial charge in [0.2, 0.25) is 6.04 Å². The topological polar surface area (TPSA) is 4.36 Å². The lowest BCUT2D eigenvalue weighted by atomic mass is 9.55. The van der Waals surface area contributed by atoms with Crippen LogP contribution in [0.5, 0.6) is 0 Å². The van der Waals surface area contributed by atoms with Gasteiger partial charge in [0, 0.05) is 12.8 Å². The third-order valence-corrected chi connectivity index (χ3v) is 4.18. The van der Waals surface area contributed by atoms with Crippen molar-refractivity contribution in [1.29, 1.82) is 0 Å². The first-order valence-electron chi connectivity index (χ1n) is 5.42. The molecule has 2 saturated carbocycles. The molecule has 2 aliphatic carbocycles. The Kier molecular flexibility index (Phi) is 1.91. The van der Waals surface area contributed by atoms with E-state index in [1.54, 1.807) is 0 Å². The van der Waals surface area contributed by atoms with Gasteiger partial charge in [-0.2, -0.15) is 0 Å². The van der Waals surface area contributed by atoms with Crippen LogP contribution >= 0.6 is 0 Å². The lowest BCUT2D eigenvalue weighted by molar-refractivity contribution is 0.0236. The molecule has 0 atom stereocenters. The molecule has 0 aromatic carbocycles. The van der Waals surface area contributed by atoms with Gasteiger partial charge in [0.15, 0.2) is 0 Å². The van der Waals surface area contributed by atoms with Crippen LogP contribution in [-0.2, 0) is 0 Å². The van der Waals surface area contributed by atoms with E-state index in [-0.39, 0.29) is 0 Å². The summed E-state index contributed by atoms with van der Waals surface area (Å²) in [4.78, 5) is 3.63. The molecule has 2 fully saturated rings. The molecule has 2 rings (SSSR count). The third kappa shape index (κ3) is 1.59. The van der Waals surface area contributed by atoms with Crippen molar-refractivity contribution in [3.63, 3.8) is 0 Å². The Morgan fingerprint density at radius 1 is 1.08 bits per heavy atom. The largest absolute Gasteiger partial charge is 0.314 e. The minimum Gasteiger partial charge on any atom is -0.314 e. The number of rotatable bonds is 0. The van der Waals surface area contributed by atoms with Crippen LogP contribution in [0.3, 0.4) is 0 Å². The first kappa shape index (κ1) is 9.06. The minimum atomic E-state index is 0.376. The van der Waals surface area contributed by atoms with Crippen molar-refractivity contribution in [3.05, 3.63) is 11.4 Å². The van der Waals surface area contributed by atoms with Crippen LogP contribution in [0.25, 0.3) is 4.85 Å². The van der Waals surface area contributed by atoms with Crippen molar-refractivity contribution < 1.29 is 0 Å². The number of hydrogen-bond donors (Lipinski definition) is 0. The van der Waals surface area contributed by atoms with E-state index in [1.807, 2.05) is 0 Å². The molecular formula is C12H19N. The Morgan fingerprint density at radius 2 is 1.62 bits per heavy atom. The monoisotopic (exact) mass is 177 g/mol. The van der Waals surface area contributed by atoms with Crippen LogP contribution < -0.4 is 0 Å². The van der Waals surface area contributed by atoms with Gasteiger partial charge < -0.3 is 4.85 Å². The number of hydrogen-bond acceptors (Lipinski definition) is 0. The van der Waals surface area contributed by atoms with Gasteiger partial charge >= 0.3 is 0 Å². The molecule has 0 aromatic heterocycles. The van der Waals surface area contributed by atoms with Crippen LogP contribution in [0.1, 0.15) is 52.4 Å². The molecule has 0 saturated heterocycles. The van der Waals surface area contributed by atoms with E-state index in [9.17, 15) is 0 Å². The zero-order chi connectivity index (χ0) is 9.53. The van der Waals surface area contributed by atoms with Gasteiger partial charge in [-0.1, -0.05) is 13.8 Å². The van der Waals surface area contributed by atoms with Crippen molar-refractivity contribution in [3.8, 4) is 0 Å². The van der Waals surface area contributed by atoms with Gasteiger partial charge in [0.25, 0.3) is 0 Å². The highest BCUT2D eigenvalue weighted by molar-refractivity contribution is 5.05. The predicted molar refractivity (Wildman–Crippen MR) is 54.3 cm³/mol. The SMILES string of the molecule is [C-]#[N+]C1CC2(CCC(C)(C)CC2)C1. The van der Waals surface area contributed by atoms with E-state index >= 15 is 0 Å². The van der Waals surface area contributed by atoms with Gasteiger partial charge in [-0.3, -0.25) is 0 Å². The Hall–Kier alpha value is -0.510. The lowest BCUT2D eigenvalue weighted by Gasteiger charge is -2.49. The van der Waals surface area contributed by atoms with Crippen LogP contribution in [0.4, 0.5) is 0 Å². The highest BCUT2D eigenvalue weighted by atomic mass is 14.8. The van der Waals surface area contributed by atoms with Gasteiger partial charge in [-0.25, -0.2) is 6.57 Å². The highest BCUT2D eigenvalue weighted by Gasteiger charge is 2.50. The van der Waals surface area contributed by atoms with Crippen molar-refractivity contribution in [2.45, 2.75) is 58.4 Å². The average Bonchev–Trinajstić information content (AvgIpc) is 2.01. The zero-order valence-corrected chi connectivity index (χ0v) is 8.77. The van der Waals surface area contributed by atoms with Gasteiger partial charge in [0.05, 0.1) is 0 Å². The molecule has 0 unspecified atom stereocenters. The summed E-state index contributed by atoms with van der Waals surface area (Å²) in [7, 11) is 0. The Labute approximate surface area is 81.3 Å². The maximum atomic E-state index is 6.96. The molecule has 0 amide bonds. The molecule has 0 heterocycles. The van der Waals surface area contributed by atoms with Crippen molar-refractivity contribution >= 4 is 0 Å². The fraction of sp³-hybridized carbons (Fsp3) is 0.917. The Bertz CT molecular complexity index is 228. The van der Waals surface area contributed by atoms with E-state index in [4.69, 9.17) is 6.57 Å². The Balaban J connectivity index is 1.90. The summed E-state index contributed by atoms with van der Waals surface area (Å²) in [5, 5.41) is 0. The maximum Gasteiger partial charge on any atom is 0.224 e. The third-order valence-electron chi connectivity index (χ3n) is 4.18. The first-order chi connectivity index (χ1) is 6.05. The first-order valence-corrected chi connectivity index (χ1v) is 5.42. The van der Waals surface area contributed by atoms with E-state index in [1.165, 1.54) is 38.5 Å². The molecule has 1 nitrogen and oxygen atoms in total. The fourth-order valence-corrected chi connectivity index (χ4v) is 2.90. The van der Waals surface area contributed by atoms with E-state index < -0.39 is 0 Å². The Morgan fingerprint density at radius 3 is 2.08 bits per heavy atom. The smallest absolute Gasteiger partial charge is 0.224 e. The molecule has 72 valence electrons. The summed E-state index contributed by atoms with van der Waals surface area (Å²) in [6.45, 7) is 11.7. The van der Waals surface area contributed by atoms with Crippen molar-refractivity contribution in [2.24, 2.45) is 10.8 Å². The predicted octanol–water partition coefficient (Wildman–Crippen LogP) is 3.65. The molecule has 13 heavy (non-hydrogen) atoms. The second-order valence-electron chi connectivity index (χ2n) is 5.86. The molecule has 0 bridgehead atoms. The molecule has 0 aliphatic heterocycles. The molecule has 2 aliphatic rings. The molecular weight excluding hydrogens is 158 g/mol. The summed E-state index contributed by atoms with van der Waals surface area (Å²) >= 11 is 0. The summed E-state index contributed by atoms with van der Waals surface area (Å²) in [5.41, 5.74) is 1.19. The summed E-state index contributed by atoms with van der Waals surface area (Å²) in [5.74, 6) is 0. The molecule has 0 aromatic rings. The van der Waals surface area contributed by atoms with E-state index in [0.29, 0.717) is 16.9 Å². The maximum absolute atomic E-state index is 6.96. The fourth-order valence-electron chi connectivity index (χ4n) is 2.90. The van der Waals surface area contributed by atoms with E-state index in [0.717, 1.165) is 0 Å². The van der Waals surface area contributed by atoms with E-state index in [2.05, 4.69) is 18.7 Å². The molecule has 1 spiro atoms. The summed E-state index contributed by atoms with van der Waals surface area (Å²) < 4.78 is 0. The van der Waals surface area contributed by atoms with Gasteiger partial charge in [-0.15, -0.1) is 0 Å². The van der Waals surface area contributed by atoms with Crippen LogP contribution in [0.2, 0.25) is 0 Å². The average molecular weight is 177 g/mol. The van der Waals surface area contributed by atoms with Crippen LogP contribution in [0, 0.1) is 17.4 Å². The zero-order valence-electron chi connectivity index (χ0n) is 8.77. The minimum absolute atomic E-state index is 0.376. The van der Waals surface area contributed by atoms with Crippen LogP contribution in [-0.4, -0.2) is 6.04 Å². The van der Waals surface area contributed by atoms with Crippen molar-refractivity contribution in [1.82, 2.24) is 0 Å². The molecule has 1 heteroatoms. The van der Waals surface area contributed by atoms with Crippen LogP contribution in [0.15, 0.2) is 0 Å². The second kappa shape index (κ2) is 2.74. The number of nitrogens with zero attached hydrogens (tertiary/aromatic N) is 1. The highest BCUT2D eigenvalue weighted by Crippen LogP contribution is 2.56. The molecule has 0 N–H and O–H groups in total. The van der Waals surface area contributed by atoms with Crippen molar-refractivity contribution in [2.75, 3.05) is 0 Å². The second-order valence-corrected chi connectivity index (χ2v) is 5.86. The quantitative estimate of drug-likeness (QED) is 0.497. The summed E-state index contributed by atoms with van der Waals surface area (Å²) in [6.07, 6.45) is 7.91. The van der Waals surface area contributed by atoms with Gasteiger partial charge in [0.1, 0.15) is 0 Å². The lowest BCUT2D eigenvalue weighted by Crippen LogP contribution is -2.43. The normalized spacial score (nSPS) is 30.8. The van der Waals surface area contributed by atoms with Gasteiger partial charge in [-0.05, 0) is 36.5 Å². The summed E-state index contributed by atoms with van der Waals surface area (Å²) in [6, 6.07) is 0.376. The molecule has 0 radical (unpaired) electrons. The standard InChI is InChI=1S/C12H19N/c1-11(2)4-6-12(7-5-11)8-10(9-12)13-3/h10H,4-9H2,1-2H3.